The summed E-state index contributed by atoms with van der Waals surface area (Å²) in [5.41, 5.74) is 4.24. The highest BCUT2D eigenvalue weighted by molar-refractivity contribution is 6.00. The van der Waals surface area contributed by atoms with Crippen molar-refractivity contribution in [3.63, 3.8) is 0 Å². The number of esters is 2. The maximum absolute atomic E-state index is 12.1. The fourth-order valence-corrected chi connectivity index (χ4v) is 2.93. The maximum Gasteiger partial charge on any atom is 0.338 e. The zero-order valence-corrected chi connectivity index (χ0v) is 18.0. The molecule has 0 aliphatic carbocycles. The highest BCUT2D eigenvalue weighted by Gasteiger charge is 2.12. The van der Waals surface area contributed by atoms with Gasteiger partial charge in [-0.05, 0) is 68.8 Å². The monoisotopic (exact) mass is 427 g/mol. The van der Waals surface area contributed by atoms with E-state index in [-0.39, 0.29) is 24.3 Å². The Morgan fingerprint density at radius 3 is 2.27 bits per heavy atom. The van der Waals surface area contributed by atoms with E-state index in [2.05, 4.69) is 10.3 Å². The smallest absolute Gasteiger partial charge is 0.338 e. The van der Waals surface area contributed by atoms with E-state index in [1.807, 2.05) is 38.1 Å². The maximum atomic E-state index is 12.1. The quantitative estimate of drug-likeness (QED) is 0.581. The molecule has 1 heterocycles. The van der Waals surface area contributed by atoms with Gasteiger partial charge in [-0.2, -0.15) is 0 Å². The number of hydrogen-bond donors (Lipinski definition) is 1. The van der Waals surface area contributed by atoms with E-state index in [0.29, 0.717) is 24.3 Å². The van der Waals surface area contributed by atoms with Crippen molar-refractivity contribution in [2.75, 3.05) is 18.5 Å². The molecule has 0 saturated heterocycles. The number of ether oxygens (including phenoxy) is 2. The van der Waals surface area contributed by atoms with Gasteiger partial charge in [0.15, 0.2) is 0 Å². The van der Waals surface area contributed by atoms with Crippen LogP contribution in [0.25, 0.3) is 10.9 Å². The number of pyridine rings is 1. The minimum absolute atomic E-state index is 0. The molecule has 0 saturated carbocycles. The Labute approximate surface area is 182 Å². The van der Waals surface area contributed by atoms with E-state index in [1.165, 1.54) is 0 Å². The van der Waals surface area contributed by atoms with Crippen LogP contribution in [-0.4, -0.2) is 30.1 Å². The van der Waals surface area contributed by atoms with Gasteiger partial charge >= 0.3 is 11.9 Å². The van der Waals surface area contributed by atoms with Crippen LogP contribution in [0.5, 0.6) is 0 Å². The van der Waals surface area contributed by atoms with Crippen LogP contribution in [-0.2, 0) is 9.47 Å². The average molecular weight is 428 g/mol. The number of carbonyl (C=O) groups excluding carboxylic acids is 2. The van der Waals surface area contributed by atoms with E-state index in [9.17, 15) is 9.59 Å². The summed E-state index contributed by atoms with van der Waals surface area (Å²) in [6, 6.07) is 14.3. The summed E-state index contributed by atoms with van der Waals surface area (Å²) >= 11 is 0. The summed E-state index contributed by atoms with van der Waals surface area (Å²) in [6.45, 7) is 6.37. The molecule has 0 spiro atoms. The third kappa shape index (κ3) is 5.48. The molecule has 3 aromatic rings. The van der Waals surface area contributed by atoms with E-state index >= 15 is 0 Å². The van der Waals surface area contributed by atoms with E-state index in [1.54, 1.807) is 31.2 Å². The molecule has 0 radical (unpaired) electrons. The van der Waals surface area contributed by atoms with Gasteiger partial charge < -0.3 is 27.2 Å². The predicted molar refractivity (Wildman–Crippen MR) is 113 cm³/mol. The normalized spacial score (nSPS) is 10.2. The van der Waals surface area contributed by atoms with Crippen molar-refractivity contribution in [1.82, 2.24) is 4.98 Å². The van der Waals surface area contributed by atoms with Gasteiger partial charge in [-0.3, -0.25) is 4.98 Å². The van der Waals surface area contributed by atoms with Crippen LogP contribution in [0.4, 0.5) is 11.4 Å². The van der Waals surface area contributed by atoms with Crippen LogP contribution in [0.2, 0.25) is 0 Å². The average Bonchev–Trinajstić information content (AvgIpc) is 2.72. The van der Waals surface area contributed by atoms with Gasteiger partial charge in [0.25, 0.3) is 0 Å². The van der Waals surface area contributed by atoms with Crippen LogP contribution in [0.3, 0.4) is 0 Å². The summed E-state index contributed by atoms with van der Waals surface area (Å²) in [5.74, 6) is -0.696. The lowest BCUT2D eigenvalue weighted by Crippen LogP contribution is -3.00. The number of fused-ring (bicyclic) bond motifs is 1. The van der Waals surface area contributed by atoms with Crippen LogP contribution >= 0.6 is 0 Å². The number of hydrogen-bond acceptors (Lipinski definition) is 6. The second-order valence-electron chi connectivity index (χ2n) is 6.60. The molecule has 0 aliphatic heterocycles. The molecule has 0 amide bonds. The Balaban J connectivity index is 0.00000320. The Hall–Kier alpha value is -3.12. The second-order valence-corrected chi connectivity index (χ2v) is 6.60. The molecule has 30 heavy (non-hydrogen) atoms. The largest absolute Gasteiger partial charge is 1.00 e. The van der Waals surface area contributed by atoms with Crippen molar-refractivity contribution in [3.05, 3.63) is 65.4 Å². The highest BCUT2D eigenvalue weighted by Crippen LogP contribution is 2.28. The predicted octanol–water partition coefficient (Wildman–Crippen LogP) is 2.03. The molecule has 6 nitrogen and oxygen atoms in total. The number of aromatic nitrogens is 1. The Kier molecular flexibility index (Phi) is 8.18. The molecular weight excluding hydrogens is 404 g/mol. The van der Waals surface area contributed by atoms with E-state index < -0.39 is 0 Å². The molecule has 3 rings (SSSR count). The van der Waals surface area contributed by atoms with Crippen LogP contribution in [0, 0.1) is 6.92 Å². The molecular formula is C23H24ClN2O4-. The Morgan fingerprint density at radius 1 is 0.933 bits per heavy atom. The molecule has 0 unspecified atom stereocenters. The van der Waals surface area contributed by atoms with Crippen LogP contribution in [0.1, 0.15) is 46.7 Å². The summed E-state index contributed by atoms with van der Waals surface area (Å²) in [5, 5.41) is 4.16. The van der Waals surface area contributed by atoms with E-state index in [0.717, 1.165) is 34.4 Å². The van der Waals surface area contributed by atoms with Crippen LogP contribution in [0.15, 0.2) is 48.5 Å². The minimum Gasteiger partial charge on any atom is -1.00 e. The lowest BCUT2D eigenvalue weighted by molar-refractivity contribution is -0.0000412. The molecule has 1 N–H and O–H groups in total. The molecule has 1 aromatic heterocycles. The number of rotatable bonds is 7. The fraction of sp³-hybridized carbons (Fsp3) is 0.261. The third-order valence-electron chi connectivity index (χ3n) is 4.28. The van der Waals surface area contributed by atoms with Crippen molar-refractivity contribution < 1.29 is 31.5 Å². The lowest BCUT2D eigenvalue weighted by Gasteiger charge is -2.12. The minimum atomic E-state index is -0.365. The second kappa shape index (κ2) is 10.6. The van der Waals surface area contributed by atoms with Gasteiger partial charge in [0.1, 0.15) is 0 Å². The third-order valence-corrected chi connectivity index (χ3v) is 4.28. The van der Waals surface area contributed by atoms with Crippen molar-refractivity contribution in [3.8, 4) is 0 Å². The molecule has 0 fully saturated rings. The zero-order chi connectivity index (χ0) is 20.8. The summed E-state index contributed by atoms with van der Waals surface area (Å²) in [6.07, 6.45) is 0.785. The molecule has 2 aromatic carbocycles. The first-order chi connectivity index (χ1) is 14.0. The molecule has 7 heteroatoms. The van der Waals surface area contributed by atoms with Crippen molar-refractivity contribution in [2.45, 2.75) is 27.2 Å². The molecule has 158 valence electrons. The molecule has 0 bridgehead atoms. The van der Waals surface area contributed by atoms with Crippen LogP contribution < -0.4 is 17.7 Å². The lowest BCUT2D eigenvalue weighted by atomic mass is 10.1. The number of nitrogens with one attached hydrogen (secondary N) is 1. The zero-order valence-electron chi connectivity index (χ0n) is 17.2. The first kappa shape index (κ1) is 23.2. The first-order valence-corrected chi connectivity index (χ1v) is 9.64. The van der Waals surface area contributed by atoms with Gasteiger partial charge in [0.05, 0.1) is 29.9 Å². The first-order valence-electron chi connectivity index (χ1n) is 9.64. The number of halogens is 1. The number of anilines is 2. The topological polar surface area (TPSA) is 77.5 Å². The SMILES string of the molecule is CCCOC(=O)c1ccc(Nc2cc(C)nc3ccc(C(=O)OCC)cc23)cc1.[Cl-]. The summed E-state index contributed by atoms with van der Waals surface area (Å²) < 4.78 is 10.3. The van der Waals surface area contributed by atoms with Crippen molar-refractivity contribution in [1.29, 1.82) is 0 Å². The van der Waals surface area contributed by atoms with Gasteiger partial charge in [0.2, 0.25) is 0 Å². The molecule has 0 aliphatic rings. The molecule has 0 atom stereocenters. The fourth-order valence-electron chi connectivity index (χ4n) is 2.93. The number of carbonyl (C=O) groups is 2. The van der Waals surface area contributed by atoms with Crippen molar-refractivity contribution in [2.24, 2.45) is 0 Å². The number of benzene rings is 2. The summed E-state index contributed by atoms with van der Waals surface area (Å²) in [7, 11) is 0. The van der Waals surface area contributed by atoms with Gasteiger partial charge in [-0.1, -0.05) is 6.92 Å². The van der Waals surface area contributed by atoms with Gasteiger partial charge in [-0.25, -0.2) is 9.59 Å². The Bertz CT molecular complexity index is 1040. The standard InChI is InChI=1S/C23H24N2O4.ClH/c1-4-12-29-22(26)16-6-9-18(10-7-16)25-21-13-15(3)24-20-11-8-17(14-19(20)21)23(27)28-5-2;/h6-11,13-14H,4-5,12H2,1-3H3,(H,24,25);1H/p-1. The van der Waals surface area contributed by atoms with Gasteiger partial charge in [-0.15, -0.1) is 0 Å². The van der Waals surface area contributed by atoms with Gasteiger partial charge in [0, 0.05) is 22.5 Å². The Morgan fingerprint density at radius 2 is 1.60 bits per heavy atom. The van der Waals surface area contributed by atoms with Crippen molar-refractivity contribution >= 4 is 34.2 Å². The number of nitrogens with zero attached hydrogens (tertiary/aromatic N) is 1. The van der Waals surface area contributed by atoms with E-state index in [4.69, 9.17) is 9.47 Å². The highest BCUT2D eigenvalue weighted by atomic mass is 35.5. The summed E-state index contributed by atoms with van der Waals surface area (Å²) in [4.78, 5) is 28.6. The number of aryl methyl sites for hydroxylation is 1.